The lowest BCUT2D eigenvalue weighted by Gasteiger charge is -2.39. The van der Waals surface area contributed by atoms with Gasteiger partial charge in [-0.2, -0.15) is 0 Å². The van der Waals surface area contributed by atoms with Crippen LogP contribution in [0, 0.1) is 5.41 Å². The van der Waals surface area contributed by atoms with Gasteiger partial charge in [-0.15, -0.1) is 0 Å². The Bertz CT molecular complexity index is 394. The third kappa shape index (κ3) is 5.47. The molecule has 1 rings (SSSR count). The van der Waals surface area contributed by atoms with Gasteiger partial charge in [0.25, 0.3) is 0 Å². The minimum atomic E-state index is 0.248. The fraction of sp³-hybridized carbons (Fsp3) is 0.733. The number of ether oxygens (including phenoxy) is 1. The fourth-order valence-corrected chi connectivity index (χ4v) is 2.36. The van der Waals surface area contributed by atoms with Crippen molar-refractivity contribution < 1.29 is 4.74 Å². The van der Waals surface area contributed by atoms with Crippen LogP contribution in [0.4, 0.5) is 0 Å². The summed E-state index contributed by atoms with van der Waals surface area (Å²) < 4.78 is 5.11. The van der Waals surface area contributed by atoms with E-state index in [4.69, 9.17) is 10.1 Å². The summed E-state index contributed by atoms with van der Waals surface area (Å²) in [6, 6.07) is 0.737. The molecule has 0 bridgehead atoms. The number of amidine groups is 1. The average molecular weight is 295 g/mol. The normalized spacial score (nSPS) is 23.1. The molecule has 6 heteroatoms. The van der Waals surface area contributed by atoms with E-state index in [0.29, 0.717) is 12.6 Å². The van der Waals surface area contributed by atoms with Crippen molar-refractivity contribution in [3.8, 4) is 0 Å². The van der Waals surface area contributed by atoms with Gasteiger partial charge in [-0.1, -0.05) is 0 Å². The molecule has 2 unspecified atom stereocenters. The van der Waals surface area contributed by atoms with Gasteiger partial charge >= 0.3 is 0 Å². The van der Waals surface area contributed by atoms with Crippen molar-refractivity contribution in [2.24, 2.45) is 4.99 Å². The molecule has 1 aliphatic heterocycles. The molecule has 0 amide bonds. The Balaban J connectivity index is 2.75. The Morgan fingerprint density at radius 2 is 2.24 bits per heavy atom. The second-order valence-electron chi connectivity index (χ2n) is 5.71. The van der Waals surface area contributed by atoms with Gasteiger partial charge in [-0.3, -0.25) is 5.41 Å². The quantitative estimate of drug-likeness (QED) is 0.570. The summed E-state index contributed by atoms with van der Waals surface area (Å²) in [5.74, 6) is 0.877. The first-order chi connectivity index (χ1) is 9.99. The SMILES string of the molecule is COCC(C)N/C=C(C)/C(=N\C=N)N1CCN(C)C(C)C1. The number of aliphatic imine (C=N–C) groups is 1. The first-order valence-electron chi connectivity index (χ1n) is 7.43. The van der Waals surface area contributed by atoms with Gasteiger partial charge < -0.3 is 19.9 Å². The van der Waals surface area contributed by atoms with Crippen molar-refractivity contribution in [1.29, 1.82) is 5.41 Å². The largest absolute Gasteiger partial charge is 0.386 e. The first kappa shape index (κ1) is 17.7. The van der Waals surface area contributed by atoms with E-state index in [1.165, 1.54) is 0 Å². The second-order valence-corrected chi connectivity index (χ2v) is 5.71. The highest BCUT2D eigenvalue weighted by atomic mass is 16.5. The Hall–Kier alpha value is -1.40. The zero-order valence-corrected chi connectivity index (χ0v) is 13.9. The summed E-state index contributed by atoms with van der Waals surface area (Å²) in [6.07, 6.45) is 3.09. The fourth-order valence-electron chi connectivity index (χ4n) is 2.36. The Kier molecular flexibility index (Phi) is 7.39. The van der Waals surface area contributed by atoms with Crippen molar-refractivity contribution >= 4 is 12.2 Å². The third-order valence-electron chi connectivity index (χ3n) is 3.80. The molecule has 21 heavy (non-hydrogen) atoms. The molecule has 0 aromatic heterocycles. The van der Waals surface area contributed by atoms with Crippen LogP contribution in [0.1, 0.15) is 20.8 Å². The van der Waals surface area contributed by atoms with Crippen LogP contribution in [-0.4, -0.2) is 74.5 Å². The molecule has 1 aliphatic rings. The maximum absolute atomic E-state index is 7.30. The maximum atomic E-state index is 7.30. The molecule has 0 saturated carbocycles. The third-order valence-corrected chi connectivity index (χ3v) is 3.80. The van der Waals surface area contributed by atoms with Crippen LogP contribution < -0.4 is 5.32 Å². The van der Waals surface area contributed by atoms with E-state index in [0.717, 1.165) is 37.4 Å². The number of rotatable bonds is 6. The minimum Gasteiger partial charge on any atom is -0.386 e. The standard InChI is InChI=1S/C15H29N5O/c1-12(8-17-13(2)10-21-5)15(18-11-16)20-7-6-19(4)14(3)9-20/h8,11,13-14,16-17H,6-7,9-10H2,1-5H3/b12-8+,16-11?,18-15+. The highest BCUT2D eigenvalue weighted by Crippen LogP contribution is 2.11. The van der Waals surface area contributed by atoms with Crippen molar-refractivity contribution in [3.05, 3.63) is 11.8 Å². The van der Waals surface area contributed by atoms with Crippen LogP contribution in [0.5, 0.6) is 0 Å². The van der Waals surface area contributed by atoms with Gasteiger partial charge in [0, 0.05) is 50.6 Å². The lowest BCUT2D eigenvalue weighted by atomic mass is 10.1. The second kappa shape index (κ2) is 8.79. The van der Waals surface area contributed by atoms with E-state index in [9.17, 15) is 0 Å². The Labute approximate surface area is 128 Å². The summed E-state index contributed by atoms with van der Waals surface area (Å²) in [6.45, 7) is 9.85. The lowest BCUT2D eigenvalue weighted by Crippen LogP contribution is -2.52. The molecule has 0 aromatic rings. The molecule has 6 nitrogen and oxygen atoms in total. The maximum Gasteiger partial charge on any atom is 0.134 e. The van der Waals surface area contributed by atoms with Crippen LogP contribution in [0.15, 0.2) is 16.8 Å². The Morgan fingerprint density at radius 3 is 2.81 bits per heavy atom. The number of nitrogens with zero attached hydrogens (tertiary/aromatic N) is 3. The molecule has 2 N–H and O–H groups in total. The van der Waals surface area contributed by atoms with Gasteiger partial charge in [0.15, 0.2) is 0 Å². The van der Waals surface area contributed by atoms with E-state index in [1.807, 2.05) is 13.1 Å². The number of likely N-dealkylation sites (N-methyl/N-ethyl adjacent to an activating group) is 1. The monoisotopic (exact) mass is 295 g/mol. The minimum absolute atomic E-state index is 0.248. The van der Waals surface area contributed by atoms with Crippen LogP contribution in [0.3, 0.4) is 0 Å². The van der Waals surface area contributed by atoms with Crippen LogP contribution in [0.25, 0.3) is 0 Å². The van der Waals surface area contributed by atoms with Crippen LogP contribution in [0.2, 0.25) is 0 Å². The number of nitrogens with one attached hydrogen (secondary N) is 2. The highest BCUT2D eigenvalue weighted by molar-refractivity contribution is 6.01. The molecular formula is C15H29N5O. The van der Waals surface area contributed by atoms with Crippen molar-refractivity contribution in [2.45, 2.75) is 32.9 Å². The number of methoxy groups -OCH3 is 1. The molecular weight excluding hydrogens is 266 g/mol. The van der Waals surface area contributed by atoms with Gasteiger partial charge in [0.05, 0.1) is 6.61 Å². The Morgan fingerprint density at radius 1 is 1.52 bits per heavy atom. The van der Waals surface area contributed by atoms with Gasteiger partial charge in [-0.05, 0) is 27.8 Å². The summed E-state index contributed by atoms with van der Waals surface area (Å²) >= 11 is 0. The average Bonchev–Trinajstić information content (AvgIpc) is 2.45. The highest BCUT2D eigenvalue weighted by Gasteiger charge is 2.23. The van der Waals surface area contributed by atoms with E-state index in [-0.39, 0.29) is 6.04 Å². The van der Waals surface area contributed by atoms with E-state index in [2.05, 4.69) is 41.0 Å². The summed E-state index contributed by atoms with van der Waals surface area (Å²) in [5.41, 5.74) is 1.04. The van der Waals surface area contributed by atoms with Crippen molar-refractivity contribution in [2.75, 3.05) is 40.4 Å². The predicted molar refractivity (Wildman–Crippen MR) is 88.1 cm³/mol. The van der Waals surface area contributed by atoms with Gasteiger partial charge in [0.1, 0.15) is 12.2 Å². The lowest BCUT2D eigenvalue weighted by molar-refractivity contribution is 0.153. The van der Waals surface area contributed by atoms with Gasteiger partial charge in [0.2, 0.25) is 0 Å². The van der Waals surface area contributed by atoms with E-state index < -0.39 is 0 Å². The summed E-state index contributed by atoms with van der Waals surface area (Å²) in [5, 5.41) is 10.6. The smallest absolute Gasteiger partial charge is 0.134 e. The van der Waals surface area contributed by atoms with Gasteiger partial charge in [-0.25, -0.2) is 4.99 Å². The topological polar surface area (TPSA) is 64.0 Å². The van der Waals surface area contributed by atoms with Crippen molar-refractivity contribution in [3.63, 3.8) is 0 Å². The molecule has 0 radical (unpaired) electrons. The van der Waals surface area contributed by atoms with E-state index in [1.54, 1.807) is 7.11 Å². The molecule has 2 atom stereocenters. The van der Waals surface area contributed by atoms with E-state index >= 15 is 0 Å². The molecule has 1 saturated heterocycles. The molecule has 1 fully saturated rings. The predicted octanol–water partition coefficient (Wildman–Crippen LogP) is 1.16. The molecule has 120 valence electrons. The zero-order chi connectivity index (χ0) is 15.8. The molecule has 0 spiro atoms. The molecule has 0 aliphatic carbocycles. The first-order valence-corrected chi connectivity index (χ1v) is 7.43. The zero-order valence-electron chi connectivity index (χ0n) is 13.9. The molecule has 1 heterocycles. The number of hydrogen-bond donors (Lipinski definition) is 2. The number of hydrogen-bond acceptors (Lipinski definition) is 4. The number of piperazine rings is 1. The summed E-state index contributed by atoms with van der Waals surface area (Å²) in [7, 11) is 3.84. The van der Waals surface area contributed by atoms with Crippen molar-refractivity contribution in [1.82, 2.24) is 15.1 Å². The summed E-state index contributed by atoms with van der Waals surface area (Å²) in [4.78, 5) is 8.86. The van der Waals surface area contributed by atoms with Crippen LogP contribution in [-0.2, 0) is 4.74 Å². The molecule has 0 aromatic carbocycles. The van der Waals surface area contributed by atoms with Crippen LogP contribution >= 0.6 is 0 Å².